The number of nitrogens with zero attached hydrogens (tertiary/aromatic N) is 8. The molecule has 136 valence electrons. The van der Waals surface area contributed by atoms with Crippen molar-refractivity contribution in [1.29, 1.82) is 0 Å². The fourth-order valence-electron chi connectivity index (χ4n) is 2.44. The van der Waals surface area contributed by atoms with E-state index < -0.39 is 12.2 Å². The van der Waals surface area contributed by atoms with Crippen molar-refractivity contribution in [1.82, 2.24) is 39.6 Å². The average Bonchev–Trinajstić information content (AvgIpc) is 3.27. The highest BCUT2D eigenvalue weighted by molar-refractivity contribution is 7.99. The largest absolute Gasteiger partial charge is 0.299 e. The summed E-state index contributed by atoms with van der Waals surface area (Å²) in [7, 11) is 0. The van der Waals surface area contributed by atoms with E-state index in [0.29, 0.717) is 22.6 Å². The third kappa shape index (κ3) is 3.28. The summed E-state index contributed by atoms with van der Waals surface area (Å²) in [5.41, 5.74) is 1.05. The Balaban J connectivity index is 1.72. The molecule has 0 bridgehead atoms. The maximum Gasteiger partial charge on any atom is 0.299 e. The fraction of sp³-hybridized carbons (Fsp3) is 0.125. The lowest BCUT2D eigenvalue weighted by atomic mass is 10.3. The van der Waals surface area contributed by atoms with E-state index >= 15 is 0 Å². The second-order valence-corrected chi connectivity index (χ2v) is 6.34. The van der Waals surface area contributed by atoms with Gasteiger partial charge in [0, 0.05) is 24.5 Å². The second kappa shape index (κ2) is 7.19. The fourth-order valence-corrected chi connectivity index (χ4v) is 3.24. The highest BCUT2D eigenvalue weighted by Gasteiger charge is 2.19. The van der Waals surface area contributed by atoms with Gasteiger partial charge in [-0.15, -0.1) is 27.0 Å². The minimum absolute atomic E-state index is 0.248. The maximum absolute atomic E-state index is 13.0. The molecule has 0 aliphatic carbocycles. The van der Waals surface area contributed by atoms with Crippen LogP contribution in [0, 0.1) is 0 Å². The van der Waals surface area contributed by atoms with Crippen LogP contribution in [0.3, 0.4) is 0 Å². The Morgan fingerprint density at radius 2 is 2.04 bits per heavy atom. The van der Waals surface area contributed by atoms with Crippen molar-refractivity contribution in [3.8, 4) is 11.4 Å². The van der Waals surface area contributed by atoms with E-state index in [9.17, 15) is 8.78 Å². The summed E-state index contributed by atoms with van der Waals surface area (Å²) in [6, 6.07) is 6.93. The Kier molecular flexibility index (Phi) is 4.59. The number of rotatable bonds is 6. The minimum Gasteiger partial charge on any atom is -0.298 e. The van der Waals surface area contributed by atoms with Gasteiger partial charge in [-0.05, 0) is 36.0 Å². The third-order valence-corrected chi connectivity index (χ3v) is 4.51. The summed E-state index contributed by atoms with van der Waals surface area (Å²) in [5, 5.41) is 20.8. The lowest BCUT2D eigenvalue weighted by Crippen LogP contribution is -2.02. The third-order valence-electron chi connectivity index (χ3n) is 3.60. The molecule has 0 unspecified atom stereocenters. The highest BCUT2D eigenvalue weighted by Crippen LogP contribution is 2.29. The van der Waals surface area contributed by atoms with Gasteiger partial charge in [0.25, 0.3) is 6.43 Å². The number of fused-ring (bicyclic) bond motifs is 1. The first-order chi connectivity index (χ1) is 13.2. The van der Waals surface area contributed by atoms with E-state index in [1.807, 2.05) is 16.7 Å². The van der Waals surface area contributed by atoms with Crippen LogP contribution in [0.2, 0.25) is 0 Å². The quantitative estimate of drug-likeness (QED) is 0.471. The second-order valence-electron chi connectivity index (χ2n) is 5.35. The molecular formula is C16H12F2N8S. The van der Waals surface area contributed by atoms with Crippen LogP contribution < -0.4 is 0 Å². The summed E-state index contributed by atoms with van der Waals surface area (Å²) in [5.74, 6) is 0.125. The van der Waals surface area contributed by atoms with Gasteiger partial charge in [-0.2, -0.15) is 9.61 Å². The Hall–Kier alpha value is -3.21. The van der Waals surface area contributed by atoms with Gasteiger partial charge in [0.15, 0.2) is 16.6 Å². The summed E-state index contributed by atoms with van der Waals surface area (Å²) in [4.78, 5) is 4.10. The monoisotopic (exact) mass is 386 g/mol. The molecule has 4 heterocycles. The van der Waals surface area contributed by atoms with Crippen molar-refractivity contribution >= 4 is 17.4 Å². The van der Waals surface area contributed by atoms with Crippen molar-refractivity contribution in [2.45, 2.75) is 23.2 Å². The Morgan fingerprint density at radius 3 is 2.78 bits per heavy atom. The number of halogens is 2. The summed E-state index contributed by atoms with van der Waals surface area (Å²) < 4.78 is 28.9. The van der Waals surface area contributed by atoms with Gasteiger partial charge >= 0.3 is 0 Å². The first kappa shape index (κ1) is 17.2. The number of hydrogen-bond acceptors (Lipinski definition) is 7. The molecule has 0 aliphatic heterocycles. The van der Waals surface area contributed by atoms with E-state index in [0.717, 1.165) is 10.1 Å². The van der Waals surface area contributed by atoms with E-state index in [-0.39, 0.29) is 5.65 Å². The number of aromatic nitrogens is 8. The zero-order valence-corrected chi connectivity index (χ0v) is 14.6. The molecule has 0 spiro atoms. The number of hydrogen-bond donors (Lipinski definition) is 0. The smallest absolute Gasteiger partial charge is 0.298 e. The zero-order valence-electron chi connectivity index (χ0n) is 13.8. The molecule has 0 amide bonds. The Labute approximate surface area is 156 Å². The molecule has 0 fully saturated rings. The van der Waals surface area contributed by atoms with Crippen LogP contribution in [-0.2, 0) is 6.54 Å². The van der Waals surface area contributed by atoms with Crippen LogP contribution in [-0.4, -0.2) is 39.6 Å². The first-order valence-corrected chi connectivity index (χ1v) is 8.62. The van der Waals surface area contributed by atoms with E-state index in [2.05, 4.69) is 37.1 Å². The van der Waals surface area contributed by atoms with Gasteiger partial charge in [-0.25, -0.2) is 8.78 Å². The standard InChI is InChI=1S/C16H12F2N8S/c1-2-8-25-14(10-4-3-7-19-9-10)21-23-16(25)27-12-6-5-11-20-22-15(13(17)18)26(11)24-12/h2-7,9,13H,1,8H2. The van der Waals surface area contributed by atoms with Crippen LogP contribution in [0.15, 0.2) is 59.5 Å². The van der Waals surface area contributed by atoms with Gasteiger partial charge < -0.3 is 0 Å². The van der Waals surface area contributed by atoms with E-state index in [1.165, 1.54) is 11.8 Å². The molecular weight excluding hydrogens is 374 g/mol. The summed E-state index contributed by atoms with van der Waals surface area (Å²) in [6.07, 6.45) is 2.31. The van der Waals surface area contributed by atoms with Crippen LogP contribution >= 0.6 is 11.8 Å². The normalized spacial score (nSPS) is 11.4. The molecule has 0 N–H and O–H groups in total. The first-order valence-electron chi connectivity index (χ1n) is 7.80. The molecule has 11 heteroatoms. The Bertz CT molecular complexity index is 1090. The van der Waals surface area contributed by atoms with Crippen LogP contribution in [0.4, 0.5) is 8.78 Å². The molecule has 4 aromatic heterocycles. The topological polar surface area (TPSA) is 86.7 Å². The molecule has 0 aliphatic rings. The minimum atomic E-state index is -2.77. The molecule has 8 nitrogen and oxygen atoms in total. The van der Waals surface area contributed by atoms with Crippen molar-refractivity contribution in [2.75, 3.05) is 0 Å². The number of alkyl halides is 2. The van der Waals surface area contributed by atoms with Gasteiger partial charge in [-0.3, -0.25) is 9.55 Å². The molecule has 0 saturated carbocycles. The lowest BCUT2D eigenvalue weighted by Gasteiger charge is -2.07. The van der Waals surface area contributed by atoms with Crippen molar-refractivity contribution in [3.05, 3.63) is 55.1 Å². The van der Waals surface area contributed by atoms with Gasteiger partial charge in [0.05, 0.1) is 0 Å². The number of allylic oxidation sites excluding steroid dienone is 1. The van der Waals surface area contributed by atoms with Gasteiger partial charge in [0.1, 0.15) is 5.03 Å². The summed E-state index contributed by atoms with van der Waals surface area (Å²) in [6.45, 7) is 4.23. The highest BCUT2D eigenvalue weighted by atomic mass is 32.2. The van der Waals surface area contributed by atoms with Gasteiger partial charge in [-0.1, -0.05) is 6.08 Å². The SMILES string of the molecule is C=CCn1c(Sc2ccc3nnc(C(F)F)n3n2)nnc1-c1cccnc1. The molecule has 0 atom stereocenters. The zero-order chi connectivity index (χ0) is 18.8. The predicted molar refractivity (Wildman–Crippen MR) is 93.3 cm³/mol. The van der Waals surface area contributed by atoms with E-state index in [1.54, 1.807) is 30.6 Å². The van der Waals surface area contributed by atoms with Crippen LogP contribution in [0.1, 0.15) is 12.2 Å². The molecule has 4 aromatic rings. The van der Waals surface area contributed by atoms with Crippen LogP contribution in [0.5, 0.6) is 0 Å². The molecule has 4 rings (SSSR count). The van der Waals surface area contributed by atoms with Crippen molar-refractivity contribution < 1.29 is 8.78 Å². The lowest BCUT2D eigenvalue weighted by molar-refractivity contribution is 0.137. The number of pyridine rings is 1. The maximum atomic E-state index is 13.0. The van der Waals surface area contributed by atoms with Gasteiger partial charge in [0.2, 0.25) is 5.82 Å². The average molecular weight is 386 g/mol. The predicted octanol–water partition coefficient (Wildman–Crippen LogP) is 3.05. The molecule has 27 heavy (non-hydrogen) atoms. The molecule has 0 aromatic carbocycles. The van der Waals surface area contributed by atoms with Crippen molar-refractivity contribution in [3.63, 3.8) is 0 Å². The summed E-state index contributed by atoms with van der Waals surface area (Å²) >= 11 is 1.20. The van der Waals surface area contributed by atoms with Crippen LogP contribution in [0.25, 0.3) is 17.0 Å². The molecule has 0 radical (unpaired) electrons. The van der Waals surface area contributed by atoms with E-state index in [4.69, 9.17) is 0 Å². The van der Waals surface area contributed by atoms with Crippen molar-refractivity contribution in [2.24, 2.45) is 0 Å². The molecule has 0 saturated heterocycles. The Morgan fingerprint density at radius 1 is 1.15 bits per heavy atom.